The van der Waals surface area contributed by atoms with Crippen molar-refractivity contribution in [2.24, 2.45) is 0 Å². The summed E-state index contributed by atoms with van der Waals surface area (Å²) in [6.07, 6.45) is 1.87. The number of anilines is 1. The van der Waals surface area contributed by atoms with Gasteiger partial charge in [-0.2, -0.15) is 0 Å². The van der Waals surface area contributed by atoms with Crippen molar-refractivity contribution in [2.45, 2.75) is 23.8 Å². The van der Waals surface area contributed by atoms with Gasteiger partial charge in [0.05, 0.1) is 4.90 Å². The van der Waals surface area contributed by atoms with Crippen molar-refractivity contribution in [3.8, 4) is 0 Å². The third-order valence-corrected chi connectivity index (χ3v) is 4.80. The average Bonchev–Trinajstić information content (AvgIpc) is 3.30. The Morgan fingerprint density at radius 1 is 1.04 bits per heavy atom. The summed E-state index contributed by atoms with van der Waals surface area (Å²) in [7, 11) is -4.17. The molecule has 0 aliphatic heterocycles. The Bertz CT molecular complexity index is 876. The summed E-state index contributed by atoms with van der Waals surface area (Å²) >= 11 is 0. The van der Waals surface area contributed by atoms with Gasteiger partial charge in [-0.3, -0.25) is 9.52 Å². The highest BCUT2D eigenvalue weighted by Crippen LogP contribution is 2.21. The topological polar surface area (TPSA) is 75.3 Å². The first-order valence-corrected chi connectivity index (χ1v) is 8.72. The van der Waals surface area contributed by atoms with Crippen molar-refractivity contribution in [1.29, 1.82) is 0 Å². The molecule has 1 saturated carbocycles. The summed E-state index contributed by atoms with van der Waals surface area (Å²) in [5.74, 6) is -2.28. The maximum absolute atomic E-state index is 13.2. The molecule has 24 heavy (non-hydrogen) atoms. The predicted molar refractivity (Wildman–Crippen MR) is 84.1 cm³/mol. The van der Waals surface area contributed by atoms with Crippen LogP contribution in [0.15, 0.2) is 47.4 Å². The van der Waals surface area contributed by atoms with Crippen LogP contribution in [-0.2, 0) is 10.0 Å². The molecule has 2 aromatic carbocycles. The van der Waals surface area contributed by atoms with Gasteiger partial charge in [0.1, 0.15) is 11.6 Å². The molecule has 1 amide bonds. The Balaban J connectivity index is 1.82. The minimum atomic E-state index is -4.17. The fraction of sp³-hybridized carbons (Fsp3) is 0.188. The third kappa shape index (κ3) is 3.88. The van der Waals surface area contributed by atoms with Crippen LogP contribution in [0.1, 0.15) is 23.2 Å². The van der Waals surface area contributed by atoms with E-state index in [4.69, 9.17) is 0 Å². The Morgan fingerprint density at radius 2 is 1.71 bits per heavy atom. The molecule has 0 spiro atoms. The summed E-state index contributed by atoms with van der Waals surface area (Å²) in [5.41, 5.74) is 0.427. The average molecular weight is 352 g/mol. The second kappa shape index (κ2) is 6.20. The SMILES string of the molecule is O=C(NC1CC1)c1cccc(NS(=O)(=O)c2cc(F)cc(F)c2)c1. The molecule has 2 aromatic rings. The summed E-state index contributed by atoms with van der Waals surface area (Å²) in [6, 6.07) is 8.08. The summed E-state index contributed by atoms with van der Waals surface area (Å²) in [6.45, 7) is 0. The first-order chi connectivity index (χ1) is 11.3. The van der Waals surface area contributed by atoms with E-state index in [0.29, 0.717) is 11.6 Å². The first kappa shape index (κ1) is 16.4. The van der Waals surface area contributed by atoms with Gasteiger partial charge in [-0.25, -0.2) is 17.2 Å². The second-order valence-electron chi connectivity index (χ2n) is 5.54. The van der Waals surface area contributed by atoms with Crippen molar-refractivity contribution in [3.63, 3.8) is 0 Å². The van der Waals surface area contributed by atoms with E-state index >= 15 is 0 Å². The Labute approximate surface area is 137 Å². The van der Waals surface area contributed by atoms with Crippen LogP contribution in [0.25, 0.3) is 0 Å². The van der Waals surface area contributed by atoms with E-state index in [1.165, 1.54) is 18.2 Å². The van der Waals surface area contributed by atoms with E-state index in [9.17, 15) is 22.0 Å². The molecule has 1 aliphatic rings. The highest BCUT2D eigenvalue weighted by molar-refractivity contribution is 7.92. The highest BCUT2D eigenvalue weighted by atomic mass is 32.2. The summed E-state index contributed by atoms with van der Waals surface area (Å²) in [5, 5.41) is 2.79. The third-order valence-electron chi connectivity index (χ3n) is 3.44. The number of benzene rings is 2. The molecule has 126 valence electrons. The number of carbonyl (C=O) groups is 1. The lowest BCUT2D eigenvalue weighted by atomic mass is 10.2. The van der Waals surface area contributed by atoms with Crippen LogP contribution < -0.4 is 10.0 Å². The number of nitrogens with one attached hydrogen (secondary N) is 2. The molecule has 0 heterocycles. The lowest BCUT2D eigenvalue weighted by Crippen LogP contribution is -2.25. The van der Waals surface area contributed by atoms with Crippen LogP contribution in [0.4, 0.5) is 14.5 Å². The van der Waals surface area contributed by atoms with Crippen molar-refractivity contribution in [3.05, 3.63) is 59.7 Å². The van der Waals surface area contributed by atoms with Crippen LogP contribution in [0.2, 0.25) is 0 Å². The number of carbonyl (C=O) groups excluding carboxylic acids is 1. The van der Waals surface area contributed by atoms with Gasteiger partial charge in [0.15, 0.2) is 0 Å². The Morgan fingerprint density at radius 3 is 2.33 bits per heavy atom. The molecule has 8 heteroatoms. The lowest BCUT2D eigenvalue weighted by Gasteiger charge is -2.10. The van der Waals surface area contributed by atoms with Gasteiger partial charge in [-0.05, 0) is 43.2 Å². The standard InChI is InChI=1S/C16H14F2N2O3S/c17-11-7-12(18)9-15(8-11)24(22,23)20-14-3-1-2-10(6-14)16(21)19-13-4-5-13/h1-3,6-9,13,20H,4-5H2,(H,19,21). The zero-order chi connectivity index (χ0) is 17.3. The number of hydrogen-bond donors (Lipinski definition) is 2. The fourth-order valence-corrected chi connectivity index (χ4v) is 3.21. The van der Waals surface area contributed by atoms with Crippen LogP contribution >= 0.6 is 0 Å². The quantitative estimate of drug-likeness (QED) is 0.869. The van der Waals surface area contributed by atoms with Crippen molar-refractivity contribution >= 4 is 21.6 Å². The lowest BCUT2D eigenvalue weighted by molar-refractivity contribution is 0.0951. The zero-order valence-electron chi connectivity index (χ0n) is 12.4. The molecule has 5 nitrogen and oxygen atoms in total. The molecule has 0 saturated heterocycles. The number of hydrogen-bond acceptors (Lipinski definition) is 3. The molecule has 1 fully saturated rings. The normalized spacial score (nSPS) is 14.2. The molecule has 0 bridgehead atoms. The van der Waals surface area contributed by atoms with Crippen LogP contribution in [0, 0.1) is 11.6 Å². The maximum Gasteiger partial charge on any atom is 0.262 e. The van der Waals surface area contributed by atoms with E-state index < -0.39 is 26.6 Å². The minimum absolute atomic E-state index is 0.128. The summed E-state index contributed by atoms with van der Waals surface area (Å²) in [4.78, 5) is 11.5. The van der Waals surface area contributed by atoms with Crippen molar-refractivity contribution in [1.82, 2.24) is 5.32 Å². The number of amides is 1. The van der Waals surface area contributed by atoms with Crippen LogP contribution in [-0.4, -0.2) is 20.4 Å². The van der Waals surface area contributed by atoms with Gasteiger partial charge in [-0.15, -0.1) is 0 Å². The molecule has 2 N–H and O–H groups in total. The van der Waals surface area contributed by atoms with Crippen molar-refractivity contribution < 1.29 is 22.0 Å². The van der Waals surface area contributed by atoms with E-state index in [2.05, 4.69) is 10.0 Å². The smallest absolute Gasteiger partial charge is 0.262 e. The maximum atomic E-state index is 13.2. The summed E-state index contributed by atoms with van der Waals surface area (Å²) < 4.78 is 53.1. The van der Waals surface area contributed by atoms with Crippen molar-refractivity contribution in [2.75, 3.05) is 4.72 Å². The molecular formula is C16H14F2N2O3S. The van der Waals surface area contributed by atoms with E-state index in [1.54, 1.807) is 6.07 Å². The number of sulfonamides is 1. The predicted octanol–water partition coefficient (Wildman–Crippen LogP) is 2.66. The second-order valence-corrected chi connectivity index (χ2v) is 7.22. The number of rotatable bonds is 5. The first-order valence-electron chi connectivity index (χ1n) is 7.23. The van der Waals surface area contributed by atoms with E-state index in [-0.39, 0.29) is 17.6 Å². The molecule has 3 rings (SSSR count). The fourth-order valence-electron chi connectivity index (χ4n) is 2.12. The highest BCUT2D eigenvalue weighted by Gasteiger charge is 2.24. The Kier molecular flexibility index (Phi) is 4.23. The van der Waals surface area contributed by atoms with Crippen LogP contribution in [0.3, 0.4) is 0 Å². The molecule has 0 radical (unpaired) electrons. The molecular weight excluding hydrogens is 338 g/mol. The number of halogens is 2. The van der Waals surface area contributed by atoms with Gasteiger partial charge in [0, 0.05) is 23.4 Å². The van der Waals surface area contributed by atoms with Gasteiger partial charge >= 0.3 is 0 Å². The molecule has 0 atom stereocenters. The van der Waals surface area contributed by atoms with Gasteiger partial charge in [0.25, 0.3) is 15.9 Å². The van der Waals surface area contributed by atoms with Gasteiger partial charge in [0.2, 0.25) is 0 Å². The van der Waals surface area contributed by atoms with Gasteiger partial charge < -0.3 is 5.32 Å². The van der Waals surface area contributed by atoms with Crippen LogP contribution in [0.5, 0.6) is 0 Å². The zero-order valence-corrected chi connectivity index (χ0v) is 13.2. The van der Waals surface area contributed by atoms with E-state index in [1.807, 2.05) is 0 Å². The molecule has 0 aromatic heterocycles. The molecule has 1 aliphatic carbocycles. The monoisotopic (exact) mass is 352 g/mol. The molecule has 0 unspecified atom stereocenters. The van der Waals surface area contributed by atoms with Gasteiger partial charge in [-0.1, -0.05) is 6.07 Å². The van der Waals surface area contributed by atoms with E-state index in [0.717, 1.165) is 25.0 Å². The largest absolute Gasteiger partial charge is 0.349 e. The minimum Gasteiger partial charge on any atom is -0.349 e. The Hall–Kier alpha value is -2.48.